The first-order chi connectivity index (χ1) is 12.3. The highest BCUT2D eigenvalue weighted by molar-refractivity contribution is 6.26. The lowest BCUT2D eigenvalue weighted by Crippen LogP contribution is -2.14. The van der Waals surface area contributed by atoms with Gasteiger partial charge < -0.3 is 0 Å². The van der Waals surface area contributed by atoms with Crippen LogP contribution in [0.2, 0.25) is 0 Å². The van der Waals surface area contributed by atoms with E-state index < -0.39 is 0 Å². The minimum atomic E-state index is -0.205. The number of allylic oxidation sites excluding steroid dienone is 1. The van der Waals surface area contributed by atoms with Gasteiger partial charge in [0, 0.05) is 5.57 Å². The largest absolute Gasteiger partial charge is 0.280 e. The van der Waals surface area contributed by atoms with Crippen molar-refractivity contribution in [2.24, 2.45) is 0 Å². The summed E-state index contributed by atoms with van der Waals surface area (Å²) >= 11 is 0. The second kappa shape index (κ2) is 6.53. The van der Waals surface area contributed by atoms with Crippen LogP contribution in [0.15, 0.2) is 84.9 Å². The zero-order valence-corrected chi connectivity index (χ0v) is 13.4. The maximum Gasteiger partial charge on any atom is 0.280 e. The lowest BCUT2D eigenvalue weighted by molar-refractivity contribution is 0.0969. The molecule has 3 aromatic carbocycles. The van der Waals surface area contributed by atoms with Crippen molar-refractivity contribution < 1.29 is 4.79 Å². The third-order valence-electron chi connectivity index (χ3n) is 3.97. The first-order valence-corrected chi connectivity index (χ1v) is 8.00. The zero-order chi connectivity index (χ0) is 17.1. The van der Waals surface area contributed by atoms with E-state index in [1.165, 1.54) is 4.68 Å². The van der Waals surface area contributed by atoms with Crippen LogP contribution in [0.4, 0.5) is 0 Å². The summed E-state index contributed by atoms with van der Waals surface area (Å²) < 4.78 is 1.36. The molecule has 0 fully saturated rings. The number of fused-ring (bicyclic) bond motifs is 1. The summed E-state index contributed by atoms with van der Waals surface area (Å²) in [5.41, 5.74) is 3.77. The Labute approximate surface area is 145 Å². The van der Waals surface area contributed by atoms with Crippen molar-refractivity contribution in [1.29, 1.82) is 0 Å². The second-order valence-electron chi connectivity index (χ2n) is 5.63. The lowest BCUT2D eigenvalue weighted by Gasteiger charge is -2.08. The molecule has 0 saturated carbocycles. The topological polar surface area (TPSA) is 47.8 Å². The molecule has 0 aliphatic carbocycles. The third-order valence-corrected chi connectivity index (χ3v) is 3.97. The number of benzene rings is 3. The van der Waals surface area contributed by atoms with Crippen molar-refractivity contribution in [2.45, 2.75) is 0 Å². The Morgan fingerprint density at radius 3 is 2.20 bits per heavy atom. The van der Waals surface area contributed by atoms with Gasteiger partial charge in [0.2, 0.25) is 0 Å². The fraction of sp³-hybridized carbons (Fsp3) is 0. The molecule has 0 aliphatic rings. The van der Waals surface area contributed by atoms with Crippen LogP contribution in [0.1, 0.15) is 15.9 Å². The van der Waals surface area contributed by atoms with E-state index in [1.54, 1.807) is 0 Å². The first-order valence-electron chi connectivity index (χ1n) is 8.00. The summed E-state index contributed by atoms with van der Waals surface area (Å²) in [5, 5.41) is 8.15. The van der Waals surface area contributed by atoms with E-state index in [1.807, 2.05) is 91.0 Å². The van der Waals surface area contributed by atoms with Crippen molar-refractivity contribution in [2.75, 3.05) is 0 Å². The van der Waals surface area contributed by atoms with Gasteiger partial charge in [-0.1, -0.05) is 78.0 Å². The molecule has 1 heterocycles. The smallest absolute Gasteiger partial charge is 0.267 e. The monoisotopic (exact) mass is 325 g/mol. The van der Waals surface area contributed by atoms with Gasteiger partial charge in [-0.25, -0.2) is 0 Å². The molecule has 0 aliphatic heterocycles. The van der Waals surface area contributed by atoms with Gasteiger partial charge in [-0.05, 0) is 29.3 Å². The van der Waals surface area contributed by atoms with Gasteiger partial charge in [-0.2, -0.15) is 4.68 Å². The number of rotatable bonds is 3. The van der Waals surface area contributed by atoms with Crippen molar-refractivity contribution in [1.82, 2.24) is 15.0 Å². The molecule has 0 atom stereocenters. The van der Waals surface area contributed by atoms with Crippen LogP contribution in [0.5, 0.6) is 0 Å². The van der Waals surface area contributed by atoms with E-state index in [4.69, 9.17) is 0 Å². The predicted molar refractivity (Wildman–Crippen MR) is 98.9 cm³/mol. The number of hydrogen-bond acceptors (Lipinski definition) is 3. The normalized spacial score (nSPS) is 11.6. The Kier molecular flexibility index (Phi) is 3.92. The summed E-state index contributed by atoms with van der Waals surface area (Å²) in [6, 6.07) is 26.8. The van der Waals surface area contributed by atoms with Crippen LogP contribution in [0.25, 0.3) is 22.7 Å². The summed E-state index contributed by atoms with van der Waals surface area (Å²) in [7, 11) is 0. The van der Waals surface area contributed by atoms with E-state index in [2.05, 4.69) is 10.3 Å². The van der Waals surface area contributed by atoms with Crippen LogP contribution in [-0.2, 0) is 0 Å². The number of para-hydroxylation sites is 1. The molecule has 0 bridgehead atoms. The number of carbonyl (C=O) groups is 1. The molecule has 1 aromatic heterocycles. The van der Waals surface area contributed by atoms with Crippen LogP contribution in [0, 0.1) is 0 Å². The molecule has 120 valence electrons. The Morgan fingerprint density at radius 1 is 0.800 bits per heavy atom. The number of nitrogens with zero attached hydrogens (tertiary/aromatic N) is 3. The van der Waals surface area contributed by atoms with Gasteiger partial charge in [0.1, 0.15) is 5.52 Å². The molecule has 4 aromatic rings. The predicted octanol–water partition coefficient (Wildman–Crippen LogP) is 4.31. The van der Waals surface area contributed by atoms with Crippen molar-refractivity contribution in [3.8, 4) is 0 Å². The maximum absolute atomic E-state index is 13.2. The molecule has 0 unspecified atom stereocenters. The van der Waals surface area contributed by atoms with E-state index in [0.29, 0.717) is 16.6 Å². The molecule has 0 amide bonds. The minimum Gasteiger partial charge on any atom is -0.267 e. The summed E-state index contributed by atoms with van der Waals surface area (Å²) in [5.74, 6) is -0.205. The van der Waals surface area contributed by atoms with Crippen LogP contribution in [0.3, 0.4) is 0 Å². The molecule has 4 rings (SSSR count). The number of aromatic nitrogens is 3. The van der Waals surface area contributed by atoms with Gasteiger partial charge in [0.15, 0.2) is 0 Å². The van der Waals surface area contributed by atoms with Crippen LogP contribution in [-0.4, -0.2) is 20.9 Å². The Morgan fingerprint density at radius 2 is 1.44 bits per heavy atom. The van der Waals surface area contributed by atoms with E-state index in [-0.39, 0.29) is 5.91 Å². The zero-order valence-electron chi connectivity index (χ0n) is 13.4. The highest BCUT2D eigenvalue weighted by Gasteiger charge is 2.18. The van der Waals surface area contributed by atoms with Crippen molar-refractivity contribution in [3.05, 3.63) is 96.1 Å². The molecular formula is C21H15N3O. The highest BCUT2D eigenvalue weighted by Crippen LogP contribution is 2.22. The third kappa shape index (κ3) is 2.97. The van der Waals surface area contributed by atoms with Gasteiger partial charge in [0.25, 0.3) is 5.91 Å². The van der Waals surface area contributed by atoms with Crippen molar-refractivity contribution >= 4 is 28.6 Å². The molecule has 4 heteroatoms. The highest BCUT2D eigenvalue weighted by atomic mass is 16.2. The van der Waals surface area contributed by atoms with Crippen molar-refractivity contribution in [3.63, 3.8) is 0 Å². The molecule has 0 radical (unpaired) electrons. The van der Waals surface area contributed by atoms with Crippen LogP contribution < -0.4 is 0 Å². The molecule has 0 N–H and O–H groups in total. The molecule has 0 spiro atoms. The van der Waals surface area contributed by atoms with E-state index in [9.17, 15) is 4.79 Å². The fourth-order valence-electron chi connectivity index (χ4n) is 2.74. The van der Waals surface area contributed by atoms with Gasteiger partial charge in [-0.3, -0.25) is 4.79 Å². The second-order valence-corrected chi connectivity index (χ2v) is 5.63. The minimum absolute atomic E-state index is 0.205. The Hall–Kier alpha value is -3.53. The molecule has 4 nitrogen and oxygen atoms in total. The summed E-state index contributed by atoms with van der Waals surface area (Å²) in [6.07, 6.45) is 1.88. The average molecular weight is 325 g/mol. The standard InChI is InChI=1S/C21H15N3O/c25-21(24-20-14-8-7-13-19(20)22-23-24)18(17-11-5-2-6-12-17)15-16-9-3-1-4-10-16/h1-15H/b18-15+. The number of hydrogen-bond donors (Lipinski definition) is 0. The first kappa shape index (κ1) is 15.0. The lowest BCUT2D eigenvalue weighted by atomic mass is 10.0. The Bertz CT molecular complexity index is 1050. The van der Waals surface area contributed by atoms with Gasteiger partial charge in [-0.15, -0.1) is 5.10 Å². The number of carbonyl (C=O) groups excluding carboxylic acids is 1. The van der Waals surface area contributed by atoms with E-state index in [0.717, 1.165) is 11.1 Å². The average Bonchev–Trinajstić information content (AvgIpc) is 3.11. The molecule has 25 heavy (non-hydrogen) atoms. The van der Waals surface area contributed by atoms with Gasteiger partial charge in [0.05, 0.1) is 5.52 Å². The SMILES string of the molecule is O=C(/C(=C/c1ccccc1)c1ccccc1)n1nnc2ccccc21. The summed E-state index contributed by atoms with van der Waals surface area (Å²) in [4.78, 5) is 13.2. The molecule has 0 saturated heterocycles. The quantitative estimate of drug-likeness (QED) is 0.416. The van der Waals surface area contributed by atoms with E-state index >= 15 is 0 Å². The maximum atomic E-state index is 13.2. The molecular weight excluding hydrogens is 310 g/mol. The fourth-order valence-corrected chi connectivity index (χ4v) is 2.74. The summed E-state index contributed by atoms with van der Waals surface area (Å²) in [6.45, 7) is 0. The Balaban J connectivity index is 1.86. The van der Waals surface area contributed by atoms with Gasteiger partial charge >= 0.3 is 0 Å². The van der Waals surface area contributed by atoms with Crippen LogP contribution >= 0.6 is 0 Å².